The molecule has 0 unspecified atom stereocenters. The lowest BCUT2D eigenvalue weighted by Crippen LogP contribution is -2.29. The zero-order valence-corrected chi connectivity index (χ0v) is 16.3. The van der Waals surface area contributed by atoms with Gasteiger partial charge in [-0.2, -0.15) is 0 Å². The first-order chi connectivity index (χ1) is 14.0. The molecule has 1 aromatic carbocycles. The molecule has 1 atom stereocenters. The summed E-state index contributed by atoms with van der Waals surface area (Å²) in [4.78, 5) is 21.7. The van der Waals surface area contributed by atoms with Crippen molar-refractivity contribution in [3.63, 3.8) is 0 Å². The number of nitrogens with one attached hydrogen (secondary N) is 2. The van der Waals surface area contributed by atoms with Crippen LogP contribution < -0.4 is 10.9 Å². The fourth-order valence-corrected chi connectivity index (χ4v) is 3.37. The van der Waals surface area contributed by atoms with E-state index in [1.807, 2.05) is 38.1 Å². The summed E-state index contributed by atoms with van der Waals surface area (Å²) in [7, 11) is 0. The largest absolute Gasteiger partial charge is 0.304 e. The number of rotatable bonds is 6. The number of aromatic nitrogens is 4. The number of hydrogen-bond donors (Lipinski definition) is 2. The minimum atomic E-state index is -0.253. The molecule has 0 spiro atoms. The van der Waals surface area contributed by atoms with Crippen LogP contribution in [0.3, 0.4) is 0 Å². The Hall–Kier alpha value is -3.32. The van der Waals surface area contributed by atoms with Gasteiger partial charge >= 0.3 is 0 Å². The summed E-state index contributed by atoms with van der Waals surface area (Å²) in [5, 5.41) is 6.40. The number of benzene rings is 1. The van der Waals surface area contributed by atoms with E-state index in [0.29, 0.717) is 29.1 Å². The molecule has 3 aromatic heterocycles. The fraction of sp³-hybridized carbons (Fsp3) is 0.227. The van der Waals surface area contributed by atoms with Gasteiger partial charge in [-0.1, -0.05) is 38.1 Å². The number of H-pyrrole nitrogens is 1. The van der Waals surface area contributed by atoms with Crippen LogP contribution in [0.4, 0.5) is 4.39 Å². The van der Waals surface area contributed by atoms with Gasteiger partial charge in [-0.05, 0) is 24.1 Å². The van der Waals surface area contributed by atoms with E-state index in [2.05, 4.69) is 20.4 Å². The van der Waals surface area contributed by atoms with Gasteiger partial charge in [0.15, 0.2) is 5.65 Å². The normalized spacial score (nSPS) is 12.6. The summed E-state index contributed by atoms with van der Waals surface area (Å²) >= 11 is 0. The van der Waals surface area contributed by atoms with Crippen LogP contribution in [0.15, 0.2) is 65.6 Å². The van der Waals surface area contributed by atoms with Crippen LogP contribution in [0.1, 0.15) is 31.1 Å². The van der Waals surface area contributed by atoms with Crippen LogP contribution in [0.25, 0.3) is 17.0 Å². The molecule has 4 rings (SSSR count). The Morgan fingerprint density at radius 3 is 2.66 bits per heavy atom. The van der Waals surface area contributed by atoms with Gasteiger partial charge in [-0.15, -0.1) is 0 Å². The van der Waals surface area contributed by atoms with Crippen molar-refractivity contribution in [3.05, 3.63) is 88.2 Å². The maximum Gasteiger partial charge on any atom is 0.272 e. The van der Waals surface area contributed by atoms with Crippen molar-refractivity contribution in [2.75, 3.05) is 0 Å². The number of fused-ring (bicyclic) bond motifs is 1. The fourth-order valence-electron chi connectivity index (χ4n) is 3.37. The predicted octanol–water partition coefficient (Wildman–Crippen LogP) is 3.71. The second kappa shape index (κ2) is 7.97. The van der Waals surface area contributed by atoms with Crippen molar-refractivity contribution < 1.29 is 4.39 Å². The third kappa shape index (κ3) is 3.95. The Bertz CT molecular complexity index is 1180. The lowest BCUT2D eigenvalue weighted by molar-refractivity contribution is 0.398. The number of aromatic amines is 1. The molecule has 0 radical (unpaired) electrons. The average molecular weight is 391 g/mol. The lowest BCUT2D eigenvalue weighted by atomic mass is 10.00. The van der Waals surface area contributed by atoms with E-state index in [9.17, 15) is 9.18 Å². The molecule has 0 amide bonds. The predicted molar refractivity (Wildman–Crippen MR) is 110 cm³/mol. The van der Waals surface area contributed by atoms with Crippen molar-refractivity contribution in [1.29, 1.82) is 0 Å². The second-order valence-electron chi connectivity index (χ2n) is 7.29. The minimum Gasteiger partial charge on any atom is -0.304 e. The first-order valence-electron chi connectivity index (χ1n) is 9.54. The molecular weight excluding hydrogens is 369 g/mol. The number of nitrogens with zero attached hydrogens (tertiary/aromatic N) is 3. The Labute approximate surface area is 167 Å². The van der Waals surface area contributed by atoms with E-state index in [4.69, 9.17) is 0 Å². The minimum absolute atomic E-state index is 0.158. The van der Waals surface area contributed by atoms with E-state index in [1.165, 1.54) is 16.6 Å². The zero-order chi connectivity index (χ0) is 20.4. The molecule has 7 heteroatoms. The summed E-state index contributed by atoms with van der Waals surface area (Å²) in [5.74, 6) is -0.0954. The molecule has 2 N–H and O–H groups in total. The Morgan fingerprint density at radius 2 is 1.93 bits per heavy atom. The quantitative estimate of drug-likeness (QED) is 0.525. The maximum absolute atomic E-state index is 14.0. The molecule has 148 valence electrons. The monoisotopic (exact) mass is 391 g/mol. The summed E-state index contributed by atoms with van der Waals surface area (Å²) in [6.45, 7) is 4.43. The Kier molecular flexibility index (Phi) is 5.22. The molecule has 0 fully saturated rings. The molecule has 29 heavy (non-hydrogen) atoms. The van der Waals surface area contributed by atoms with Crippen LogP contribution in [-0.4, -0.2) is 19.6 Å². The highest BCUT2D eigenvalue weighted by atomic mass is 19.1. The summed E-state index contributed by atoms with van der Waals surface area (Å²) in [5.41, 5.74) is 2.98. The second-order valence-corrected chi connectivity index (χ2v) is 7.29. The van der Waals surface area contributed by atoms with Gasteiger partial charge in [-0.3, -0.25) is 14.9 Å². The molecular formula is C22H22FN5O. The SMILES string of the molecule is CC(C)[C@H](NCc1ccccc1F)c1cc(=O)n2[nH]c(-c3ccccn3)cc2n1. The molecule has 0 saturated heterocycles. The van der Waals surface area contributed by atoms with Gasteiger partial charge in [0.2, 0.25) is 0 Å². The van der Waals surface area contributed by atoms with Crippen LogP contribution in [0.2, 0.25) is 0 Å². The molecule has 6 nitrogen and oxygen atoms in total. The molecule has 0 bridgehead atoms. The summed E-state index contributed by atoms with van der Waals surface area (Å²) < 4.78 is 15.4. The van der Waals surface area contributed by atoms with Crippen molar-refractivity contribution in [2.45, 2.75) is 26.4 Å². The Balaban J connectivity index is 1.67. The number of halogens is 1. The number of hydrogen-bond acceptors (Lipinski definition) is 4. The van der Waals surface area contributed by atoms with E-state index < -0.39 is 0 Å². The van der Waals surface area contributed by atoms with Gasteiger partial charge in [0.25, 0.3) is 5.56 Å². The van der Waals surface area contributed by atoms with Crippen LogP contribution in [0, 0.1) is 11.7 Å². The topological polar surface area (TPSA) is 75.1 Å². The first-order valence-corrected chi connectivity index (χ1v) is 9.54. The summed E-state index contributed by atoms with van der Waals surface area (Å²) in [6.07, 6.45) is 1.70. The zero-order valence-electron chi connectivity index (χ0n) is 16.3. The average Bonchev–Trinajstić information content (AvgIpc) is 3.15. The molecule has 0 aliphatic heterocycles. The van der Waals surface area contributed by atoms with Crippen molar-refractivity contribution in [2.24, 2.45) is 5.92 Å². The molecule has 0 saturated carbocycles. The van der Waals surface area contributed by atoms with Crippen LogP contribution in [-0.2, 0) is 6.54 Å². The third-order valence-electron chi connectivity index (χ3n) is 4.87. The van der Waals surface area contributed by atoms with E-state index in [0.717, 1.165) is 5.69 Å². The highest BCUT2D eigenvalue weighted by molar-refractivity contribution is 5.60. The maximum atomic E-state index is 14.0. The molecule has 4 aromatic rings. The summed E-state index contributed by atoms with van der Waals surface area (Å²) in [6, 6.07) is 15.4. The van der Waals surface area contributed by atoms with Gasteiger partial charge in [0.05, 0.1) is 23.1 Å². The van der Waals surface area contributed by atoms with E-state index in [1.54, 1.807) is 24.4 Å². The molecule has 0 aliphatic rings. The smallest absolute Gasteiger partial charge is 0.272 e. The van der Waals surface area contributed by atoms with Crippen LogP contribution in [0.5, 0.6) is 0 Å². The van der Waals surface area contributed by atoms with Gasteiger partial charge < -0.3 is 5.32 Å². The van der Waals surface area contributed by atoms with Crippen molar-refractivity contribution >= 4 is 5.65 Å². The van der Waals surface area contributed by atoms with E-state index in [-0.39, 0.29) is 23.3 Å². The van der Waals surface area contributed by atoms with Gasteiger partial charge in [0, 0.05) is 30.4 Å². The highest BCUT2D eigenvalue weighted by Gasteiger charge is 2.20. The first kappa shape index (κ1) is 19.0. The Morgan fingerprint density at radius 1 is 1.14 bits per heavy atom. The van der Waals surface area contributed by atoms with Crippen molar-refractivity contribution in [3.8, 4) is 11.4 Å². The van der Waals surface area contributed by atoms with Gasteiger partial charge in [-0.25, -0.2) is 13.9 Å². The molecule has 0 aliphatic carbocycles. The lowest BCUT2D eigenvalue weighted by Gasteiger charge is -2.22. The highest BCUT2D eigenvalue weighted by Crippen LogP contribution is 2.22. The standard InChI is InChI=1S/C22H22FN5O/c1-14(2)22(25-13-15-7-3-4-8-16(15)23)19-12-21(29)28-20(26-19)11-18(27-28)17-9-5-6-10-24-17/h3-12,14,22,25,27H,13H2,1-2H3/t22-/m0/s1. The van der Waals surface area contributed by atoms with E-state index >= 15 is 0 Å². The van der Waals surface area contributed by atoms with Crippen molar-refractivity contribution in [1.82, 2.24) is 24.9 Å². The number of pyridine rings is 1. The third-order valence-corrected chi connectivity index (χ3v) is 4.87. The molecule has 3 heterocycles. The van der Waals surface area contributed by atoms with Crippen LogP contribution >= 0.6 is 0 Å². The van der Waals surface area contributed by atoms with Gasteiger partial charge in [0.1, 0.15) is 5.82 Å².